The van der Waals surface area contributed by atoms with E-state index in [4.69, 9.17) is 9.52 Å². The van der Waals surface area contributed by atoms with Crippen molar-refractivity contribution in [1.82, 2.24) is 15.2 Å². The molecule has 16 heteroatoms. The highest BCUT2D eigenvalue weighted by atomic mass is 19.4. The predicted octanol–water partition coefficient (Wildman–Crippen LogP) is 3.71. The Bertz CT molecular complexity index is 1140. The predicted molar refractivity (Wildman–Crippen MR) is 96.6 cm³/mol. The summed E-state index contributed by atoms with van der Waals surface area (Å²) in [6.07, 6.45) is -15.9. The van der Waals surface area contributed by atoms with Crippen LogP contribution in [0.3, 0.4) is 0 Å². The maximum atomic E-state index is 13.6. The lowest BCUT2D eigenvalue weighted by Gasteiger charge is -2.26. The minimum absolute atomic E-state index is 0.192. The average molecular weight is 496 g/mol. The van der Waals surface area contributed by atoms with Crippen molar-refractivity contribution in [2.45, 2.75) is 50.1 Å². The van der Waals surface area contributed by atoms with Crippen molar-refractivity contribution >= 4 is 23.3 Å². The number of pyridine rings is 1. The molecule has 34 heavy (non-hydrogen) atoms. The first-order valence-electron chi connectivity index (χ1n) is 9.44. The average Bonchev–Trinajstić information content (AvgIpc) is 3.19. The Kier molecular flexibility index (Phi) is 6.38. The smallest absolute Gasteiger partial charge is 0.426 e. The molecule has 3 heterocycles. The van der Waals surface area contributed by atoms with E-state index in [9.17, 15) is 45.8 Å². The second-order valence-electron chi connectivity index (χ2n) is 7.29. The van der Waals surface area contributed by atoms with Crippen molar-refractivity contribution in [3.63, 3.8) is 0 Å². The largest absolute Gasteiger partial charge is 0.465 e. The first kappa shape index (κ1) is 25.1. The summed E-state index contributed by atoms with van der Waals surface area (Å²) in [5.74, 6) is -4.36. The molecule has 1 aliphatic heterocycles. The molecule has 2 aromatic rings. The summed E-state index contributed by atoms with van der Waals surface area (Å²) < 4.78 is 86.5. The number of fused-ring (bicyclic) bond motifs is 5. The first-order valence-corrected chi connectivity index (χ1v) is 9.44. The number of amides is 1. The number of nitrogens with one attached hydrogen (secondary N) is 1. The van der Waals surface area contributed by atoms with Gasteiger partial charge in [-0.2, -0.15) is 26.3 Å². The number of hydrogen-bond donors (Lipinski definition) is 3. The fourth-order valence-electron chi connectivity index (χ4n) is 3.21. The van der Waals surface area contributed by atoms with Gasteiger partial charge >= 0.3 is 18.4 Å². The summed E-state index contributed by atoms with van der Waals surface area (Å²) >= 11 is 0. The van der Waals surface area contributed by atoms with E-state index in [-0.39, 0.29) is 6.07 Å². The molecule has 0 aliphatic carbocycles. The zero-order chi connectivity index (χ0) is 25.5. The van der Waals surface area contributed by atoms with Gasteiger partial charge in [-0.3, -0.25) is 14.9 Å². The Morgan fingerprint density at radius 3 is 2.32 bits per heavy atom. The third-order valence-electron chi connectivity index (χ3n) is 4.91. The summed E-state index contributed by atoms with van der Waals surface area (Å²) in [4.78, 5) is 39.0. The highest BCUT2D eigenvalue weighted by Gasteiger charge is 2.58. The van der Waals surface area contributed by atoms with Gasteiger partial charge in [-0.15, -0.1) is 10.2 Å². The normalized spacial score (nSPS) is 20.1. The third kappa shape index (κ3) is 4.85. The van der Waals surface area contributed by atoms with Gasteiger partial charge in [-0.25, -0.2) is 9.78 Å². The number of anilines is 1. The van der Waals surface area contributed by atoms with Crippen molar-refractivity contribution < 1.29 is 55.4 Å². The van der Waals surface area contributed by atoms with E-state index in [0.29, 0.717) is 0 Å². The van der Waals surface area contributed by atoms with Crippen molar-refractivity contribution in [2.75, 3.05) is 5.32 Å². The number of Topliss-reactive ketones (excluding diaryl/α,β-unsaturated/α-hetero) is 2. The molecule has 0 fully saturated rings. The molecule has 1 unspecified atom stereocenters. The molecular weight excluding hydrogens is 482 g/mol. The molecule has 184 valence electrons. The van der Waals surface area contributed by atoms with Crippen LogP contribution in [0.2, 0.25) is 0 Å². The molecule has 10 nitrogen and oxygen atoms in total. The summed E-state index contributed by atoms with van der Waals surface area (Å²) in [6, 6.07) is 0.192. The molecule has 0 saturated carbocycles. The van der Waals surface area contributed by atoms with Crippen molar-refractivity contribution in [3.05, 3.63) is 23.2 Å². The zero-order valence-electron chi connectivity index (χ0n) is 16.7. The van der Waals surface area contributed by atoms with E-state index in [1.165, 1.54) is 0 Å². The van der Waals surface area contributed by atoms with Crippen LogP contribution in [-0.4, -0.2) is 49.2 Å². The number of rotatable bonds is 1. The van der Waals surface area contributed by atoms with E-state index in [1.54, 1.807) is 5.32 Å². The Hall–Kier alpha value is -3.56. The topological polar surface area (TPSA) is 156 Å². The third-order valence-corrected chi connectivity index (χ3v) is 4.91. The molecule has 0 saturated heterocycles. The summed E-state index contributed by atoms with van der Waals surface area (Å²) in [6.45, 7) is 0. The van der Waals surface area contributed by atoms with Gasteiger partial charge in [-0.05, 0) is 18.9 Å². The number of nitrogens with zero attached hydrogens (tertiary/aromatic N) is 3. The first-order chi connectivity index (χ1) is 15.6. The van der Waals surface area contributed by atoms with Crippen molar-refractivity contribution in [1.29, 1.82) is 0 Å². The van der Waals surface area contributed by atoms with Gasteiger partial charge in [0.15, 0.2) is 11.5 Å². The second kappa shape index (κ2) is 8.66. The molecule has 3 N–H and O–H groups in total. The summed E-state index contributed by atoms with van der Waals surface area (Å²) in [5.41, 5.74) is -8.41. The van der Waals surface area contributed by atoms with Crippen molar-refractivity contribution in [3.8, 4) is 11.6 Å². The van der Waals surface area contributed by atoms with Crippen LogP contribution < -0.4 is 5.32 Å². The number of carbonyl (C=O) groups is 3. The maximum absolute atomic E-state index is 13.6. The number of halogens is 6. The molecule has 0 aromatic carbocycles. The van der Waals surface area contributed by atoms with Gasteiger partial charge in [0, 0.05) is 19.3 Å². The Balaban J connectivity index is 2.30. The SMILES string of the molecule is O=C1CCCC(O)(C(F)(F)F)c2nnc(o2)-c2nc(c(C(F)(F)F)cc2NC(=O)O)C(=O)CC1. The Morgan fingerprint density at radius 2 is 1.74 bits per heavy atom. The van der Waals surface area contributed by atoms with E-state index in [2.05, 4.69) is 15.2 Å². The fourth-order valence-corrected chi connectivity index (χ4v) is 3.21. The molecule has 0 radical (unpaired) electrons. The molecule has 3 rings (SSSR count). The minimum Gasteiger partial charge on any atom is -0.465 e. The quantitative estimate of drug-likeness (QED) is 0.501. The highest BCUT2D eigenvalue weighted by molar-refractivity contribution is 5.99. The number of hydrogen-bond acceptors (Lipinski definition) is 8. The van der Waals surface area contributed by atoms with Crippen molar-refractivity contribution in [2.24, 2.45) is 0 Å². The van der Waals surface area contributed by atoms with Gasteiger partial charge in [0.25, 0.3) is 11.8 Å². The lowest BCUT2D eigenvalue weighted by Crippen LogP contribution is -2.42. The number of aromatic nitrogens is 3. The monoisotopic (exact) mass is 496 g/mol. The van der Waals surface area contributed by atoms with Gasteiger partial charge in [-0.1, -0.05) is 0 Å². The van der Waals surface area contributed by atoms with Crippen LogP contribution in [0.4, 0.5) is 36.8 Å². The molecule has 4 bridgehead atoms. The van der Waals surface area contributed by atoms with Crippen LogP contribution in [0.1, 0.15) is 54.0 Å². The fraction of sp³-hybridized carbons (Fsp3) is 0.444. The minimum atomic E-state index is -5.35. The zero-order valence-corrected chi connectivity index (χ0v) is 16.7. The van der Waals surface area contributed by atoms with Crippen LogP contribution in [0.25, 0.3) is 11.6 Å². The number of alkyl halides is 6. The standard InChI is InChI=1S/C18H14F6N4O6/c19-17(20,21)8-6-9(25-15(31)32)12-13-27-28-14(34-13)16(33,18(22,23)24)5-1-2-7(29)3-4-10(30)11(8)26-12/h6,25,33H,1-5H2,(H,31,32). The van der Waals surface area contributed by atoms with Crippen LogP contribution in [0, 0.1) is 0 Å². The molecule has 1 aliphatic rings. The number of aliphatic hydroxyl groups is 1. The molecule has 0 spiro atoms. The summed E-state index contributed by atoms with van der Waals surface area (Å²) in [5, 5.41) is 27.2. The molecule has 1 atom stereocenters. The summed E-state index contributed by atoms with van der Waals surface area (Å²) in [7, 11) is 0. The van der Waals surface area contributed by atoms with Crippen LogP contribution in [0.5, 0.6) is 0 Å². The van der Waals surface area contributed by atoms with Crippen LogP contribution in [-0.2, 0) is 16.6 Å². The van der Waals surface area contributed by atoms with Crippen LogP contribution in [0.15, 0.2) is 10.5 Å². The van der Waals surface area contributed by atoms with Gasteiger partial charge in [0.2, 0.25) is 5.60 Å². The maximum Gasteiger partial charge on any atom is 0.426 e. The van der Waals surface area contributed by atoms with E-state index < -0.39 is 102 Å². The van der Waals surface area contributed by atoms with E-state index in [1.807, 2.05) is 0 Å². The Morgan fingerprint density at radius 1 is 1.06 bits per heavy atom. The molecule has 1 amide bonds. The number of carboxylic acid groups (broad SMARTS) is 1. The lowest BCUT2D eigenvalue weighted by atomic mass is 9.94. The van der Waals surface area contributed by atoms with Gasteiger partial charge < -0.3 is 14.6 Å². The van der Waals surface area contributed by atoms with E-state index in [0.717, 1.165) is 0 Å². The molecular formula is C18H14F6N4O6. The second-order valence-corrected chi connectivity index (χ2v) is 7.29. The number of ketones is 2. The number of carbonyl (C=O) groups excluding carboxylic acids is 2. The van der Waals surface area contributed by atoms with Gasteiger partial charge in [0.1, 0.15) is 11.5 Å². The molecule has 2 aromatic heterocycles. The van der Waals surface area contributed by atoms with Gasteiger partial charge in [0.05, 0.1) is 11.3 Å². The van der Waals surface area contributed by atoms with E-state index >= 15 is 0 Å². The van der Waals surface area contributed by atoms with Crippen LogP contribution >= 0.6 is 0 Å². The highest BCUT2D eigenvalue weighted by Crippen LogP contribution is 2.44. The Labute approximate surface area is 185 Å². The lowest BCUT2D eigenvalue weighted by molar-refractivity contribution is -0.277.